The van der Waals surface area contributed by atoms with Crippen LogP contribution in [0.5, 0.6) is 0 Å². The molecule has 17 heavy (non-hydrogen) atoms. The maximum atomic E-state index is 11.8. The van der Waals surface area contributed by atoms with Gasteiger partial charge in [-0.15, -0.1) is 0 Å². The van der Waals surface area contributed by atoms with Gasteiger partial charge in [-0.3, -0.25) is 4.79 Å². The predicted octanol–water partition coefficient (Wildman–Crippen LogP) is 0.591. The number of anilines is 1. The Morgan fingerprint density at radius 2 is 2.41 bits per heavy atom. The van der Waals surface area contributed by atoms with Crippen LogP contribution in [0.1, 0.15) is 18.9 Å². The van der Waals surface area contributed by atoms with E-state index < -0.39 is 0 Å². The lowest BCUT2D eigenvalue weighted by molar-refractivity contribution is 0.330. The van der Waals surface area contributed by atoms with E-state index in [-0.39, 0.29) is 11.6 Å². The highest BCUT2D eigenvalue weighted by atomic mass is 16.1. The Morgan fingerprint density at radius 1 is 1.59 bits per heavy atom. The van der Waals surface area contributed by atoms with Gasteiger partial charge in [-0.2, -0.15) is 5.26 Å². The molecule has 1 aliphatic heterocycles. The Kier molecular flexibility index (Phi) is 3.45. The van der Waals surface area contributed by atoms with Gasteiger partial charge in [0.1, 0.15) is 0 Å². The molecule has 5 heteroatoms. The number of hydrogen-bond acceptors (Lipinski definition) is 4. The minimum absolute atomic E-state index is 0.111. The van der Waals surface area contributed by atoms with Crippen LogP contribution >= 0.6 is 0 Å². The first kappa shape index (κ1) is 11.7. The fraction of sp³-hybridized carbons (Fsp3) is 0.500. The summed E-state index contributed by atoms with van der Waals surface area (Å²) in [6, 6.07) is 5.75. The molecule has 5 nitrogen and oxygen atoms in total. The van der Waals surface area contributed by atoms with Crippen molar-refractivity contribution in [3.63, 3.8) is 0 Å². The van der Waals surface area contributed by atoms with Crippen LogP contribution in [0.3, 0.4) is 0 Å². The zero-order chi connectivity index (χ0) is 12.3. The Labute approximate surface area is 100 Å². The van der Waals surface area contributed by atoms with Crippen molar-refractivity contribution in [1.82, 2.24) is 9.47 Å². The molecule has 2 heterocycles. The van der Waals surface area contributed by atoms with Gasteiger partial charge in [0.15, 0.2) is 0 Å². The third-order valence-corrected chi connectivity index (χ3v) is 3.18. The second-order valence-electron chi connectivity index (χ2n) is 4.33. The summed E-state index contributed by atoms with van der Waals surface area (Å²) in [6.45, 7) is 2.54. The third-order valence-electron chi connectivity index (χ3n) is 3.18. The van der Waals surface area contributed by atoms with Gasteiger partial charge >= 0.3 is 0 Å². The minimum Gasteiger partial charge on any atom is -0.394 e. The van der Waals surface area contributed by atoms with Crippen LogP contribution in [0.4, 0.5) is 5.69 Å². The average molecular weight is 232 g/mol. The zero-order valence-electron chi connectivity index (χ0n) is 9.67. The molecule has 0 amide bonds. The molecule has 90 valence electrons. The summed E-state index contributed by atoms with van der Waals surface area (Å²) in [5.41, 5.74) is 5.80. The van der Waals surface area contributed by atoms with Crippen molar-refractivity contribution in [2.75, 3.05) is 25.4 Å². The largest absolute Gasteiger partial charge is 0.394 e. The molecule has 1 fully saturated rings. The summed E-state index contributed by atoms with van der Waals surface area (Å²) in [6.07, 6.45) is 3.27. The van der Waals surface area contributed by atoms with Crippen LogP contribution in [0.25, 0.3) is 0 Å². The molecule has 1 aromatic rings. The molecule has 0 unspecified atom stereocenters. The molecule has 0 spiro atoms. The van der Waals surface area contributed by atoms with Crippen LogP contribution in [0.15, 0.2) is 23.1 Å². The van der Waals surface area contributed by atoms with Crippen molar-refractivity contribution < 1.29 is 0 Å². The van der Waals surface area contributed by atoms with Gasteiger partial charge in [-0.05, 0) is 18.6 Å². The first-order chi connectivity index (χ1) is 8.22. The van der Waals surface area contributed by atoms with E-state index in [2.05, 4.69) is 11.0 Å². The number of aromatic nitrogens is 1. The van der Waals surface area contributed by atoms with E-state index >= 15 is 0 Å². The molecular weight excluding hydrogens is 216 g/mol. The highest BCUT2D eigenvalue weighted by molar-refractivity contribution is 5.33. The van der Waals surface area contributed by atoms with Crippen LogP contribution in [0, 0.1) is 11.3 Å². The van der Waals surface area contributed by atoms with E-state index in [4.69, 9.17) is 11.0 Å². The minimum atomic E-state index is -0.111. The van der Waals surface area contributed by atoms with Gasteiger partial charge < -0.3 is 15.2 Å². The Hall–Kier alpha value is -1.80. The lowest BCUT2D eigenvalue weighted by atomic mass is 10.2. The van der Waals surface area contributed by atoms with Gasteiger partial charge in [0.25, 0.3) is 5.56 Å². The van der Waals surface area contributed by atoms with Crippen molar-refractivity contribution >= 4 is 5.69 Å². The summed E-state index contributed by atoms with van der Waals surface area (Å²) in [4.78, 5) is 14.1. The predicted molar refractivity (Wildman–Crippen MR) is 65.4 cm³/mol. The maximum Gasteiger partial charge on any atom is 0.273 e. The second-order valence-corrected chi connectivity index (χ2v) is 4.33. The number of hydrogen-bond donors (Lipinski definition) is 1. The van der Waals surface area contributed by atoms with Crippen LogP contribution < -0.4 is 11.3 Å². The fourth-order valence-corrected chi connectivity index (χ4v) is 2.27. The molecule has 2 N–H and O–H groups in total. The molecule has 0 bridgehead atoms. The maximum absolute atomic E-state index is 11.8. The SMILES string of the molecule is N#CCCN1CC[C@@H](n2cccc(N)c2=O)C1. The molecule has 0 saturated carbocycles. The van der Waals surface area contributed by atoms with Crippen molar-refractivity contribution in [2.24, 2.45) is 0 Å². The average Bonchev–Trinajstić information content (AvgIpc) is 2.78. The van der Waals surface area contributed by atoms with Gasteiger partial charge in [-0.1, -0.05) is 0 Å². The molecule has 2 rings (SSSR count). The van der Waals surface area contributed by atoms with E-state index in [1.165, 1.54) is 0 Å². The number of pyridine rings is 1. The number of nitrogens with zero attached hydrogens (tertiary/aromatic N) is 3. The third kappa shape index (κ3) is 2.48. The second kappa shape index (κ2) is 5.02. The van der Waals surface area contributed by atoms with Gasteiger partial charge in [0.05, 0.1) is 17.8 Å². The molecule has 1 aromatic heterocycles. The van der Waals surface area contributed by atoms with E-state index in [1.807, 2.05) is 0 Å². The van der Waals surface area contributed by atoms with E-state index in [1.54, 1.807) is 22.9 Å². The Morgan fingerprint density at radius 3 is 3.18 bits per heavy atom. The van der Waals surface area contributed by atoms with Crippen molar-refractivity contribution in [3.05, 3.63) is 28.7 Å². The monoisotopic (exact) mass is 232 g/mol. The van der Waals surface area contributed by atoms with E-state index in [0.29, 0.717) is 12.1 Å². The number of rotatable bonds is 3. The molecule has 0 radical (unpaired) electrons. The van der Waals surface area contributed by atoms with Crippen molar-refractivity contribution in [3.8, 4) is 6.07 Å². The molecule has 1 saturated heterocycles. The van der Waals surface area contributed by atoms with Gasteiger partial charge in [0.2, 0.25) is 0 Å². The quantitative estimate of drug-likeness (QED) is 0.827. The molecule has 1 aliphatic rings. The topological polar surface area (TPSA) is 75.1 Å². The first-order valence-electron chi connectivity index (χ1n) is 5.78. The highest BCUT2D eigenvalue weighted by Crippen LogP contribution is 2.20. The van der Waals surface area contributed by atoms with Crippen LogP contribution in [-0.2, 0) is 0 Å². The first-order valence-corrected chi connectivity index (χ1v) is 5.78. The van der Waals surface area contributed by atoms with Crippen LogP contribution in [0.2, 0.25) is 0 Å². The van der Waals surface area contributed by atoms with Crippen molar-refractivity contribution in [2.45, 2.75) is 18.9 Å². The summed E-state index contributed by atoms with van der Waals surface area (Å²) < 4.78 is 1.71. The van der Waals surface area contributed by atoms with Gasteiger partial charge in [-0.25, -0.2) is 0 Å². The van der Waals surface area contributed by atoms with Gasteiger partial charge in [0, 0.05) is 32.3 Å². The fourth-order valence-electron chi connectivity index (χ4n) is 2.27. The summed E-state index contributed by atoms with van der Waals surface area (Å²) in [5, 5.41) is 8.54. The summed E-state index contributed by atoms with van der Waals surface area (Å²) in [5.74, 6) is 0. The normalized spacial score (nSPS) is 20.3. The number of nitriles is 1. The summed E-state index contributed by atoms with van der Waals surface area (Å²) >= 11 is 0. The Balaban J connectivity index is 2.08. The molecule has 1 atom stereocenters. The Bertz CT molecular complexity index is 488. The highest BCUT2D eigenvalue weighted by Gasteiger charge is 2.24. The zero-order valence-corrected chi connectivity index (χ0v) is 9.67. The number of likely N-dealkylation sites (tertiary alicyclic amines) is 1. The lowest BCUT2D eigenvalue weighted by Crippen LogP contribution is -2.29. The van der Waals surface area contributed by atoms with E-state index in [9.17, 15) is 4.79 Å². The molecule has 0 aliphatic carbocycles. The molecular formula is C12H16N4O. The van der Waals surface area contributed by atoms with Crippen molar-refractivity contribution in [1.29, 1.82) is 5.26 Å². The smallest absolute Gasteiger partial charge is 0.273 e. The van der Waals surface area contributed by atoms with E-state index in [0.717, 1.165) is 26.1 Å². The molecule has 0 aromatic carbocycles. The summed E-state index contributed by atoms with van der Waals surface area (Å²) in [7, 11) is 0. The lowest BCUT2D eigenvalue weighted by Gasteiger charge is -2.16. The standard InChI is InChI=1S/C12H16N4O/c13-5-2-6-15-8-4-10(9-15)16-7-1-3-11(14)12(16)17/h1,3,7,10H,2,4,6,8-9,14H2/t10-/m1/s1. The van der Waals surface area contributed by atoms with Crippen LogP contribution in [-0.4, -0.2) is 29.1 Å². The number of nitrogen functional groups attached to an aromatic ring is 1. The number of nitrogens with two attached hydrogens (primary N) is 1.